The van der Waals surface area contributed by atoms with Gasteiger partial charge in [-0.3, -0.25) is 18.7 Å². The highest BCUT2D eigenvalue weighted by Gasteiger charge is 2.22. The number of nitrogens with zero attached hydrogens (tertiary/aromatic N) is 3. The third-order valence-corrected chi connectivity index (χ3v) is 6.23. The highest BCUT2D eigenvalue weighted by molar-refractivity contribution is 9.10. The van der Waals surface area contributed by atoms with Crippen LogP contribution in [0.15, 0.2) is 61.5 Å². The quantitative estimate of drug-likeness (QED) is 0.368. The second kappa shape index (κ2) is 10.4. The summed E-state index contributed by atoms with van der Waals surface area (Å²) in [5.41, 5.74) is -1.10. The van der Waals surface area contributed by atoms with Crippen molar-refractivity contribution in [2.45, 2.75) is 0 Å². The van der Waals surface area contributed by atoms with Crippen LogP contribution in [-0.4, -0.2) is 30.9 Å². The molecule has 0 aliphatic heterocycles. The average molecular weight is 556 g/mol. The van der Waals surface area contributed by atoms with E-state index in [9.17, 15) is 23.9 Å². The number of halogens is 3. The van der Waals surface area contributed by atoms with E-state index in [1.54, 1.807) is 18.2 Å². The normalized spacial score (nSPS) is 11.5. The summed E-state index contributed by atoms with van der Waals surface area (Å²) in [7, 11) is 2.55. The molecule has 0 radical (unpaired) electrons. The molecule has 0 saturated carbocycles. The van der Waals surface area contributed by atoms with Gasteiger partial charge >= 0.3 is 5.69 Å². The van der Waals surface area contributed by atoms with Crippen LogP contribution in [0.1, 0.15) is 5.56 Å². The molecule has 0 aliphatic rings. The minimum atomic E-state index is -0.791. The number of hydrogen-bond donors (Lipinski definition) is 2. The predicted octanol–water partition coefficient (Wildman–Crippen LogP) is 3.79. The first-order valence-corrected chi connectivity index (χ1v) is 11.5. The van der Waals surface area contributed by atoms with Crippen molar-refractivity contribution in [3.05, 3.63) is 84.2 Å². The Kier molecular flexibility index (Phi) is 7.77. The summed E-state index contributed by atoms with van der Waals surface area (Å²) in [6, 6.07) is 10.1. The van der Waals surface area contributed by atoms with Crippen LogP contribution in [0.4, 0.5) is 15.8 Å². The molecule has 0 fully saturated rings. The lowest BCUT2D eigenvalue weighted by Crippen LogP contribution is -2.39. The molecule has 0 saturated heterocycles. The summed E-state index contributed by atoms with van der Waals surface area (Å²) >= 11 is 10.3. The van der Waals surface area contributed by atoms with Crippen LogP contribution >= 0.6 is 39.3 Å². The number of aromatic nitrogens is 2. The number of hydrogen-bond acceptors (Lipinski definition) is 6. The van der Waals surface area contributed by atoms with E-state index < -0.39 is 28.9 Å². The van der Waals surface area contributed by atoms with E-state index in [1.165, 1.54) is 38.4 Å². The van der Waals surface area contributed by atoms with Gasteiger partial charge in [0.2, 0.25) is 11.8 Å². The average Bonchev–Trinajstić information content (AvgIpc) is 2.78. The van der Waals surface area contributed by atoms with Crippen molar-refractivity contribution < 1.29 is 14.3 Å². The first-order chi connectivity index (χ1) is 15.6. The van der Waals surface area contributed by atoms with Gasteiger partial charge in [0.25, 0.3) is 5.56 Å². The van der Waals surface area contributed by atoms with Gasteiger partial charge in [-0.05, 0) is 42.5 Å². The highest BCUT2D eigenvalue weighted by atomic mass is 79.9. The fourth-order valence-corrected chi connectivity index (χ4v) is 4.28. The second-order valence-electron chi connectivity index (χ2n) is 6.76. The van der Waals surface area contributed by atoms with E-state index in [2.05, 4.69) is 26.2 Å². The maximum atomic E-state index is 13.3. The van der Waals surface area contributed by atoms with E-state index >= 15 is 0 Å². The first kappa shape index (κ1) is 24.7. The summed E-state index contributed by atoms with van der Waals surface area (Å²) in [5.74, 6) is -1.72. The summed E-state index contributed by atoms with van der Waals surface area (Å²) in [6.45, 7) is 0. The van der Waals surface area contributed by atoms with E-state index in [1.807, 2.05) is 0 Å². The third kappa shape index (κ3) is 5.73. The van der Waals surface area contributed by atoms with Crippen LogP contribution < -0.4 is 16.6 Å². The lowest BCUT2D eigenvalue weighted by atomic mass is 10.3. The SMILES string of the molecule is Cn1c(O)c(C(=Nc2ccc(F)cc2)SCC(=O)Nc2ccc(Br)cc2Cl)c(=O)n(C)c1=O. The van der Waals surface area contributed by atoms with E-state index in [4.69, 9.17) is 11.6 Å². The Morgan fingerprint density at radius 2 is 1.85 bits per heavy atom. The lowest BCUT2D eigenvalue weighted by molar-refractivity contribution is -0.113. The molecule has 172 valence electrons. The van der Waals surface area contributed by atoms with Crippen molar-refractivity contribution >= 4 is 61.6 Å². The maximum Gasteiger partial charge on any atom is 0.333 e. The van der Waals surface area contributed by atoms with Crippen LogP contribution in [0, 0.1) is 5.82 Å². The van der Waals surface area contributed by atoms with Gasteiger partial charge in [0.15, 0.2) is 0 Å². The maximum absolute atomic E-state index is 13.3. The molecule has 2 aromatic carbocycles. The van der Waals surface area contributed by atoms with Crippen molar-refractivity contribution in [3.63, 3.8) is 0 Å². The Hall–Kier alpha value is -2.89. The number of aliphatic imine (C=N–C) groups is 1. The zero-order chi connectivity index (χ0) is 24.3. The molecule has 1 amide bonds. The minimum absolute atomic E-state index is 0.0210. The lowest BCUT2D eigenvalue weighted by Gasteiger charge is -2.13. The van der Waals surface area contributed by atoms with Gasteiger partial charge in [-0.1, -0.05) is 39.3 Å². The summed E-state index contributed by atoms with van der Waals surface area (Å²) in [5, 5.41) is 13.5. The number of rotatable bonds is 5. The van der Waals surface area contributed by atoms with Gasteiger partial charge < -0.3 is 10.4 Å². The van der Waals surface area contributed by atoms with Crippen molar-refractivity contribution in [2.24, 2.45) is 19.1 Å². The molecule has 2 N–H and O–H groups in total. The van der Waals surface area contributed by atoms with E-state index in [0.29, 0.717) is 10.7 Å². The summed E-state index contributed by atoms with van der Waals surface area (Å²) < 4.78 is 15.7. The topological polar surface area (TPSA) is 106 Å². The molecule has 0 spiro atoms. The van der Waals surface area contributed by atoms with Crippen molar-refractivity contribution in [2.75, 3.05) is 11.1 Å². The predicted molar refractivity (Wildman–Crippen MR) is 131 cm³/mol. The molecule has 12 heteroatoms. The Morgan fingerprint density at radius 3 is 2.48 bits per heavy atom. The van der Waals surface area contributed by atoms with Crippen LogP contribution in [-0.2, 0) is 18.9 Å². The fraction of sp³-hybridized carbons (Fsp3) is 0.143. The molecule has 1 heterocycles. The Bertz CT molecular complexity index is 1370. The monoisotopic (exact) mass is 554 g/mol. The zero-order valence-electron chi connectivity index (χ0n) is 17.3. The standard InChI is InChI=1S/C21H17BrClFN4O4S/c1-27-19(30)17(20(31)28(2)21(27)32)18(25-13-6-4-12(24)5-7-13)33-10-16(29)26-15-8-3-11(22)9-14(15)23/h3-9,30H,10H2,1-2H3,(H,26,29). The molecule has 0 atom stereocenters. The Labute approximate surface area is 204 Å². The van der Waals surface area contributed by atoms with E-state index in [0.717, 1.165) is 25.4 Å². The second-order valence-corrected chi connectivity index (χ2v) is 9.05. The number of nitrogens with one attached hydrogen (secondary N) is 1. The van der Waals surface area contributed by atoms with Gasteiger partial charge in [0.05, 0.1) is 22.2 Å². The largest absolute Gasteiger partial charge is 0.494 e. The van der Waals surface area contributed by atoms with E-state index in [-0.39, 0.29) is 22.0 Å². The number of amides is 1. The highest BCUT2D eigenvalue weighted by Crippen LogP contribution is 2.27. The molecule has 3 rings (SSSR count). The van der Waals surface area contributed by atoms with Crippen molar-refractivity contribution in [1.82, 2.24) is 9.13 Å². The van der Waals surface area contributed by atoms with Crippen molar-refractivity contribution in [3.8, 4) is 5.88 Å². The van der Waals surface area contributed by atoms with Gasteiger partial charge in [0, 0.05) is 18.6 Å². The molecule has 3 aromatic rings. The first-order valence-electron chi connectivity index (χ1n) is 9.29. The summed E-state index contributed by atoms with van der Waals surface area (Å²) in [4.78, 5) is 41.7. The third-order valence-electron chi connectivity index (χ3n) is 4.45. The molecule has 8 nitrogen and oxygen atoms in total. The fourth-order valence-electron chi connectivity index (χ4n) is 2.72. The molecule has 33 heavy (non-hydrogen) atoms. The van der Waals surface area contributed by atoms with Gasteiger partial charge in [0.1, 0.15) is 16.4 Å². The number of carbonyl (C=O) groups excluding carboxylic acids is 1. The zero-order valence-corrected chi connectivity index (χ0v) is 20.5. The number of anilines is 1. The number of aromatic hydroxyl groups is 1. The van der Waals surface area contributed by atoms with Crippen LogP contribution in [0.25, 0.3) is 0 Å². The number of benzene rings is 2. The molecular weight excluding hydrogens is 539 g/mol. The summed E-state index contributed by atoms with van der Waals surface area (Å²) in [6.07, 6.45) is 0. The van der Waals surface area contributed by atoms with Gasteiger partial charge in [-0.15, -0.1) is 0 Å². The van der Waals surface area contributed by atoms with Gasteiger partial charge in [-0.2, -0.15) is 0 Å². The van der Waals surface area contributed by atoms with Crippen LogP contribution in [0.2, 0.25) is 5.02 Å². The van der Waals surface area contributed by atoms with Crippen LogP contribution in [0.5, 0.6) is 5.88 Å². The Balaban J connectivity index is 1.97. The smallest absolute Gasteiger partial charge is 0.333 e. The number of carbonyl (C=O) groups is 1. The molecule has 0 aliphatic carbocycles. The molecule has 1 aromatic heterocycles. The minimum Gasteiger partial charge on any atom is -0.494 e. The Morgan fingerprint density at radius 1 is 1.18 bits per heavy atom. The number of thioether (sulfide) groups is 1. The van der Waals surface area contributed by atoms with Gasteiger partial charge in [-0.25, -0.2) is 14.2 Å². The molecule has 0 bridgehead atoms. The van der Waals surface area contributed by atoms with Crippen LogP contribution in [0.3, 0.4) is 0 Å². The van der Waals surface area contributed by atoms with Crippen molar-refractivity contribution in [1.29, 1.82) is 0 Å². The molecular formula is C21H17BrClFN4O4S. The molecule has 0 unspecified atom stereocenters.